The zero-order valence-corrected chi connectivity index (χ0v) is 12.2. The number of benzene rings is 1. The minimum absolute atomic E-state index is 0.142. The monoisotopic (exact) mass is 251 g/mol. The lowest BCUT2D eigenvalue weighted by molar-refractivity contribution is 0.336. The Balaban J connectivity index is 2.78. The first-order valence-electron chi connectivity index (χ1n) is 6.49. The second-order valence-corrected chi connectivity index (χ2v) is 5.14. The van der Waals surface area contributed by atoms with Crippen LogP contribution in [0.5, 0.6) is 11.5 Å². The maximum absolute atomic E-state index is 5.43. The van der Waals surface area contributed by atoms with E-state index in [2.05, 4.69) is 32.2 Å². The minimum Gasteiger partial charge on any atom is -0.493 e. The molecule has 0 amide bonds. The van der Waals surface area contributed by atoms with Gasteiger partial charge in [0.05, 0.1) is 14.2 Å². The summed E-state index contributed by atoms with van der Waals surface area (Å²) >= 11 is 0. The molecule has 0 spiro atoms. The second-order valence-electron chi connectivity index (χ2n) is 5.14. The molecule has 0 aliphatic heterocycles. The Bertz CT molecular complexity index is 375. The van der Waals surface area contributed by atoms with Crippen LogP contribution in [0.1, 0.15) is 39.2 Å². The molecular weight excluding hydrogens is 226 g/mol. The van der Waals surface area contributed by atoms with Crippen molar-refractivity contribution in [1.82, 2.24) is 5.32 Å². The Hall–Kier alpha value is -1.22. The van der Waals surface area contributed by atoms with Crippen molar-refractivity contribution in [2.45, 2.75) is 45.7 Å². The fourth-order valence-corrected chi connectivity index (χ4v) is 2.14. The van der Waals surface area contributed by atoms with Gasteiger partial charge >= 0.3 is 0 Å². The number of nitrogens with one attached hydrogen (secondary N) is 1. The summed E-state index contributed by atoms with van der Waals surface area (Å²) < 4.78 is 10.7. The smallest absolute Gasteiger partial charge is 0.165 e. The molecule has 1 N–H and O–H groups in total. The van der Waals surface area contributed by atoms with Gasteiger partial charge in [0.25, 0.3) is 0 Å². The maximum Gasteiger partial charge on any atom is 0.165 e. The van der Waals surface area contributed by atoms with Crippen molar-refractivity contribution >= 4 is 0 Å². The predicted octanol–water partition coefficient (Wildman–Crippen LogP) is 3.37. The molecule has 1 rings (SSSR count). The predicted molar refractivity (Wildman–Crippen MR) is 75.4 cm³/mol. The summed E-state index contributed by atoms with van der Waals surface area (Å²) in [6, 6.07) is 5.97. The van der Waals surface area contributed by atoms with Crippen LogP contribution in [0.15, 0.2) is 18.2 Å². The van der Waals surface area contributed by atoms with E-state index < -0.39 is 0 Å². The van der Waals surface area contributed by atoms with Gasteiger partial charge in [0.2, 0.25) is 0 Å². The highest BCUT2D eigenvalue weighted by Crippen LogP contribution is 2.30. The van der Waals surface area contributed by atoms with E-state index in [0.29, 0.717) is 0 Å². The topological polar surface area (TPSA) is 30.5 Å². The number of rotatable bonds is 7. The second kappa shape index (κ2) is 6.64. The molecular formula is C15H25NO2. The summed E-state index contributed by atoms with van der Waals surface area (Å²) in [4.78, 5) is 0. The zero-order chi connectivity index (χ0) is 13.6. The first kappa shape index (κ1) is 14.8. The Morgan fingerprint density at radius 2 is 1.89 bits per heavy atom. The molecule has 0 saturated heterocycles. The van der Waals surface area contributed by atoms with Gasteiger partial charge in [0.15, 0.2) is 11.5 Å². The van der Waals surface area contributed by atoms with Gasteiger partial charge in [0, 0.05) is 17.6 Å². The average Bonchev–Trinajstić information content (AvgIpc) is 2.35. The quantitative estimate of drug-likeness (QED) is 0.806. The van der Waals surface area contributed by atoms with Crippen molar-refractivity contribution in [3.63, 3.8) is 0 Å². The van der Waals surface area contributed by atoms with Crippen molar-refractivity contribution in [3.8, 4) is 11.5 Å². The first-order valence-corrected chi connectivity index (χ1v) is 6.49. The Kier molecular flexibility index (Phi) is 5.48. The summed E-state index contributed by atoms with van der Waals surface area (Å²) in [6.07, 6.45) is 2.33. The van der Waals surface area contributed by atoms with Crippen LogP contribution in [-0.2, 0) is 6.54 Å². The Labute approximate surface area is 110 Å². The van der Waals surface area contributed by atoms with Gasteiger partial charge in [-0.1, -0.05) is 25.5 Å². The molecule has 1 aromatic carbocycles. The molecule has 0 aromatic heterocycles. The SMILES string of the molecule is CCCC(C)(C)NCc1cccc(OC)c1OC. The van der Waals surface area contributed by atoms with Gasteiger partial charge in [-0.3, -0.25) is 0 Å². The molecule has 102 valence electrons. The summed E-state index contributed by atoms with van der Waals surface area (Å²) in [5, 5.41) is 3.57. The highest BCUT2D eigenvalue weighted by atomic mass is 16.5. The van der Waals surface area contributed by atoms with Crippen molar-refractivity contribution in [2.24, 2.45) is 0 Å². The summed E-state index contributed by atoms with van der Waals surface area (Å²) in [5.74, 6) is 1.60. The van der Waals surface area contributed by atoms with Crippen molar-refractivity contribution < 1.29 is 9.47 Å². The normalized spacial score (nSPS) is 11.4. The van der Waals surface area contributed by atoms with Gasteiger partial charge < -0.3 is 14.8 Å². The van der Waals surface area contributed by atoms with Crippen LogP contribution in [0.3, 0.4) is 0 Å². The lowest BCUT2D eigenvalue weighted by atomic mass is 9.98. The third-order valence-electron chi connectivity index (χ3n) is 3.12. The van der Waals surface area contributed by atoms with E-state index in [1.807, 2.05) is 12.1 Å². The van der Waals surface area contributed by atoms with Crippen molar-refractivity contribution in [2.75, 3.05) is 14.2 Å². The molecule has 3 heteroatoms. The third kappa shape index (κ3) is 3.91. The van der Waals surface area contributed by atoms with Crippen LogP contribution in [-0.4, -0.2) is 19.8 Å². The van der Waals surface area contributed by atoms with E-state index in [9.17, 15) is 0 Å². The first-order chi connectivity index (χ1) is 8.54. The molecule has 0 atom stereocenters. The zero-order valence-electron chi connectivity index (χ0n) is 12.2. The van der Waals surface area contributed by atoms with Crippen molar-refractivity contribution in [3.05, 3.63) is 23.8 Å². The van der Waals surface area contributed by atoms with Crippen molar-refractivity contribution in [1.29, 1.82) is 0 Å². The highest BCUT2D eigenvalue weighted by molar-refractivity contribution is 5.46. The molecule has 0 radical (unpaired) electrons. The van der Waals surface area contributed by atoms with E-state index in [1.54, 1.807) is 14.2 Å². The number of ether oxygens (including phenoxy) is 2. The van der Waals surface area contributed by atoms with E-state index >= 15 is 0 Å². The Morgan fingerprint density at radius 3 is 2.44 bits per heavy atom. The molecule has 0 bridgehead atoms. The highest BCUT2D eigenvalue weighted by Gasteiger charge is 2.17. The van der Waals surface area contributed by atoms with Crippen LogP contribution in [0.25, 0.3) is 0 Å². The van der Waals surface area contributed by atoms with Crippen LogP contribution in [0.2, 0.25) is 0 Å². The fourth-order valence-electron chi connectivity index (χ4n) is 2.14. The van der Waals surface area contributed by atoms with E-state index in [1.165, 1.54) is 6.42 Å². The fraction of sp³-hybridized carbons (Fsp3) is 0.600. The van der Waals surface area contributed by atoms with E-state index in [4.69, 9.17) is 9.47 Å². The van der Waals surface area contributed by atoms with E-state index in [-0.39, 0.29) is 5.54 Å². The van der Waals surface area contributed by atoms with Crippen LogP contribution in [0.4, 0.5) is 0 Å². The lowest BCUT2D eigenvalue weighted by Crippen LogP contribution is -2.38. The van der Waals surface area contributed by atoms with Gasteiger partial charge in [-0.15, -0.1) is 0 Å². The summed E-state index contributed by atoms with van der Waals surface area (Å²) in [7, 11) is 3.34. The molecule has 0 aliphatic rings. The molecule has 0 heterocycles. The van der Waals surface area contributed by atoms with Gasteiger partial charge in [-0.05, 0) is 26.3 Å². The van der Waals surface area contributed by atoms with Crippen LogP contribution < -0.4 is 14.8 Å². The number of hydrogen-bond donors (Lipinski definition) is 1. The summed E-state index contributed by atoms with van der Waals surface area (Å²) in [5.41, 5.74) is 1.27. The largest absolute Gasteiger partial charge is 0.493 e. The third-order valence-corrected chi connectivity index (χ3v) is 3.12. The van der Waals surface area contributed by atoms with E-state index in [0.717, 1.165) is 30.0 Å². The number of para-hydroxylation sites is 1. The summed E-state index contributed by atoms with van der Waals surface area (Å²) in [6.45, 7) is 7.44. The van der Waals surface area contributed by atoms with Gasteiger partial charge in [-0.2, -0.15) is 0 Å². The van der Waals surface area contributed by atoms with Crippen LogP contribution >= 0.6 is 0 Å². The molecule has 1 aromatic rings. The van der Waals surface area contributed by atoms with Gasteiger partial charge in [-0.25, -0.2) is 0 Å². The lowest BCUT2D eigenvalue weighted by Gasteiger charge is -2.26. The minimum atomic E-state index is 0.142. The molecule has 0 fully saturated rings. The molecule has 0 unspecified atom stereocenters. The molecule has 3 nitrogen and oxygen atoms in total. The Morgan fingerprint density at radius 1 is 1.17 bits per heavy atom. The van der Waals surface area contributed by atoms with Crippen LogP contribution in [0, 0.1) is 0 Å². The maximum atomic E-state index is 5.43. The van der Waals surface area contributed by atoms with Gasteiger partial charge in [0.1, 0.15) is 0 Å². The average molecular weight is 251 g/mol. The molecule has 0 aliphatic carbocycles. The number of methoxy groups -OCH3 is 2. The molecule has 18 heavy (non-hydrogen) atoms. The molecule has 0 saturated carbocycles. The number of hydrogen-bond acceptors (Lipinski definition) is 3. The standard InChI is InChI=1S/C15H25NO2/c1-6-10-15(2,3)16-11-12-8-7-9-13(17-4)14(12)18-5/h7-9,16H,6,10-11H2,1-5H3.